The number of carboxylic acid groups (broad SMARTS) is 3. The summed E-state index contributed by atoms with van der Waals surface area (Å²) >= 11 is 0. The number of nitrogens with zero attached hydrogens (tertiary/aromatic N) is 3. The summed E-state index contributed by atoms with van der Waals surface area (Å²) in [5.41, 5.74) is -0.162. The Labute approximate surface area is 153 Å². The molecule has 0 aliphatic carbocycles. The average Bonchev–Trinajstić information content (AvgIpc) is 2.52. The van der Waals surface area contributed by atoms with Crippen LogP contribution < -0.4 is 0 Å². The molecule has 0 unspecified atom stereocenters. The zero-order valence-electron chi connectivity index (χ0n) is 14.1. The minimum absolute atomic E-state index is 0.0327. The predicted molar refractivity (Wildman–Crippen MR) is 89.4 cm³/mol. The number of hydrogen-bond donors (Lipinski definition) is 4. The monoisotopic (exact) mass is 385 g/mol. The van der Waals surface area contributed by atoms with E-state index in [2.05, 4.69) is 0 Å². The third kappa shape index (κ3) is 8.11. The molecule has 0 radical (unpaired) electrons. The standard InChI is InChI=1S/C15H19N3O9/c19-12-2-1-11(18(26)27)5-10(12)6-16(7-13(20)21)3-4-17(8-14(22)23)9-15(24)25/h1-2,5,19H,3-4,6-9H2,(H,20,21)(H,22,23)(H,24,25). The number of non-ortho nitro benzene ring substituents is 1. The lowest BCUT2D eigenvalue weighted by molar-refractivity contribution is -0.385. The van der Waals surface area contributed by atoms with Crippen LogP contribution in [0.15, 0.2) is 18.2 Å². The van der Waals surface area contributed by atoms with Crippen molar-refractivity contribution < 1.29 is 39.7 Å². The van der Waals surface area contributed by atoms with Gasteiger partial charge in [0.1, 0.15) is 5.75 Å². The van der Waals surface area contributed by atoms with Crippen LogP contribution in [0.3, 0.4) is 0 Å². The Morgan fingerprint density at radius 2 is 1.41 bits per heavy atom. The van der Waals surface area contributed by atoms with Gasteiger partial charge in [-0.1, -0.05) is 0 Å². The molecule has 12 heteroatoms. The van der Waals surface area contributed by atoms with E-state index in [0.29, 0.717) is 0 Å². The molecule has 0 aliphatic rings. The van der Waals surface area contributed by atoms with Crippen LogP contribution in [0.25, 0.3) is 0 Å². The zero-order chi connectivity index (χ0) is 20.6. The van der Waals surface area contributed by atoms with Crippen molar-refractivity contribution in [1.29, 1.82) is 0 Å². The van der Waals surface area contributed by atoms with Gasteiger partial charge in [0, 0.05) is 37.3 Å². The first-order valence-corrected chi connectivity index (χ1v) is 7.65. The molecule has 0 saturated heterocycles. The summed E-state index contributed by atoms with van der Waals surface area (Å²) in [4.78, 5) is 45.3. The largest absolute Gasteiger partial charge is 0.508 e. The first-order chi connectivity index (χ1) is 12.6. The van der Waals surface area contributed by atoms with Gasteiger partial charge in [-0.25, -0.2) is 0 Å². The second-order valence-electron chi connectivity index (χ2n) is 5.67. The lowest BCUT2D eigenvalue weighted by Gasteiger charge is -2.25. The van der Waals surface area contributed by atoms with Crippen LogP contribution in [0.5, 0.6) is 5.75 Å². The number of hydrogen-bond acceptors (Lipinski definition) is 8. The highest BCUT2D eigenvalue weighted by molar-refractivity contribution is 5.72. The normalized spacial score (nSPS) is 10.9. The molecule has 148 valence electrons. The Bertz CT molecular complexity index is 706. The fourth-order valence-corrected chi connectivity index (χ4v) is 2.34. The molecule has 0 saturated carbocycles. The molecule has 1 aromatic carbocycles. The summed E-state index contributed by atoms with van der Waals surface area (Å²) in [5, 5.41) is 47.4. The van der Waals surface area contributed by atoms with E-state index < -0.39 is 42.5 Å². The molecule has 0 aromatic heterocycles. The molecule has 0 atom stereocenters. The highest BCUT2D eigenvalue weighted by atomic mass is 16.6. The number of nitro groups is 1. The van der Waals surface area contributed by atoms with Crippen LogP contribution in [-0.2, 0) is 20.9 Å². The number of phenolic OH excluding ortho intramolecular Hbond substituents is 1. The average molecular weight is 385 g/mol. The molecule has 27 heavy (non-hydrogen) atoms. The SMILES string of the molecule is O=C(O)CN(CCN(CC(=O)O)Cc1cc([N+](=O)[O-])ccc1O)CC(=O)O. The van der Waals surface area contributed by atoms with Crippen LogP contribution in [0.1, 0.15) is 5.56 Å². The van der Waals surface area contributed by atoms with Gasteiger partial charge in [0.25, 0.3) is 5.69 Å². The first-order valence-electron chi connectivity index (χ1n) is 7.65. The van der Waals surface area contributed by atoms with E-state index in [1.54, 1.807) is 0 Å². The highest BCUT2D eigenvalue weighted by Crippen LogP contribution is 2.24. The van der Waals surface area contributed by atoms with Crippen LogP contribution >= 0.6 is 0 Å². The molecule has 0 amide bonds. The number of carboxylic acids is 3. The second kappa shape index (κ2) is 10.0. The number of aliphatic carboxylic acids is 3. The number of rotatable bonds is 12. The maximum Gasteiger partial charge on any atom is 0.317 e. The number of nitro benzene ring substituents is 1. The van der Waals surface area contributed by atoms with E-state index in [0.717, 1.165) is 23.1 Å². The number of benzene rings is 1. The van der Waals surface area contributed by atoms with E-state index in [1.165, 1.54) is 4.90 Å². The third-order valence-corrected chi connectivity index (χ3v) is 3.48. The second-order valence-corrected chi connectivity index (χ2v) is 5.67. The van der Waals surface area contributed by atoms with Crippen molar-refractivity contribution in [2.45, 2.75) is 6.54 Å². The van der Waals surface area contributed by atoms with Crippen LogP contribution in [0.2, 0.25) is 0 Å². The minimum atomic E-state index is -1.24. The maximum absolute atomic E-state index is 11.0. The van der Waals surface area contributed by atoms with Crippen molar-refractivity contribution in [3.63, 3.8) is 0 Å². The molecular weight excluding hydrogens is 366 g/mol. The Hall–Kier alpha value is -3.25. The van der Waals surface area contributed by atoms with E-state index in [1.807, 2.05) is 0 Å². The molecule has 12 nitrogen and oxygen atoms in total. The van der Waals surface area contributed by atoms with Gasteiger partial charge < -0.3 is 20.4 Å². The Morgan fingerprint density at radius 1 is 0.926 bits per heavy atom. The molecule has 0 spiro atoms. The van der Waals surface area contributed by atoms with Gasteiger partial charge in [0.2, 0.25) is 0 Å². The smallest absolute Gasteiger partial charge is 0.317 e. The van der Waals surface area contributed by atoms with Gasteiger partial charge in [0.15, 0.2) is 0 Å². The topological polar surface area (TPSA) is 182 Å². The van der Waals surface area contributed by atoms with Gasteiger partial charge in [0.05, 0.1) is 24.6 Å². The van der Waals surface area contributed by atoms with E-state index in [4.69, 9.17) is 15.3 Å². The predicted octanol–water partition coefficient (Wildman–Crippen LogP) is -0.342. The van der Waals surface area contributed by atoms with Crippen LogP contribution in [-0.4, -0.2) is 85.8 Å². The molecular formula is C15H19N3O9. The number of phenols is 1. The molecule has 0 heterocycles. The van der Waals surface area contributed by atoms with Crippen molar-refractivity contribution in [2.24, 2.45) is 0 Å². The zero-order valence-corrected chi connectivity index (χ0v) is 14.1. The molecule has 0 aliphatic heterocycles. The highest BCUT2D eigenvalue weighted by Gasteiger charge is 2.19. The molecule has 4 N–H and O–H groups in total. The quantitative estimate of drug-likeness (QED) is 0.273. The minimum Gasteiger partial charge on any atom is -0.508 e. The summed E-state index contributed by atoms with van der Waals surface area (Å²) in [5.74, 6) is -3.94. The van der Waals surface area contributed by atoms with Crippen LogP contribution in [0, 0.1) is 10.1 Å². The van der Waals surface area contributed by atoms with Crippen molar-refractivity contribution in [2.75, 3.05) is 32.7 Å². The summed E-state index contributed by atoms with van der Waals surface area (Å²) < 4.78 is 0. The van der Waals surface area contributed by atoms with Gasteiger partial charge >= 0.3 is 17.9 Å². The van der Waals surface area contributed by atoms with E-state index >= 15 is 0 Å². The third-order valence-electron chi connectivity index (χ3n) is 3.48. The van der Waals surface area contributed by atoms with Gasteiger partial charge in [-0.3, -0.25) is 34.3 Å². The van der Waals surface area contributed by atoms with E-state index in [9.17, 15) is 29.6 Å². The lowest BCUT2D eigenvalue weighted by atomic mass is 10.1. The van der Waals surface area contributed by atoms with Crippen molar-refractivity contribution >= 4 is 23.6 Å². The number of carbonyl (C=O) groups is 3. The van der Waals surface area contributed by atoms with E-state index in [-0.39, 0.29) is 36.6 Å². The number of aromatic hydroxyl groups is 1. The Morgan fingerprint density at radius 3 is 1.89 bits per heavy atom. The van der Waals surface area contributed by atoms with Gasteiger partial charge in [-0.05, 0) is 6.07 Å². The molecule has 1 aromatic rings. The first kappa shape index (κ1) is 21.8. The molecule has 0 bridgehead atoms. The maximum atomic E-state index is 11.0. The fourth-order valence-electron chi connectivity index (χ4n) is 2.34. The summed E-state index contributed by atoms with van der Waals surface area (Å²) in [7, 11) is 0. The molecule has 0 fully saturated rings. The van der Waals surface area contributed by atoms with Gasteiger partial charge in [-0.15, -0.1) is 0 Å². The van der Waals surface area contributed by atoms with Crippen LogP contribution in [0.4, 0.5) is 5.69 Å². The van der Waals surface area contributed by atoms with Crippen molar-refractivity contribution in [3.8, 4) is 5.75 Å². The Kier molecular flexibility index (Phi) is 8.10. The van der Waals surface area contributed by atoms with Gasteiger partial charge in [-0.2, -0.15) is 0 Å². The summed E-state index contributed by atoms with van der Waals surface area (Å²) in [6.45, 7) is -1.84. The lowest BCUT2D eigenvalue weighted by Crippen LogP contribution is -2.41. The summed E-state index contributed by atoms with van der Waals surface area (Å²) in [6.07, 6.45) is 0. The van der Waals surface area contributed by atoms with Crippen molar-refractivity contribution in [3.05, 3.63) is 33.9 Å². The summed E-state index contributed by atoms with van der Waals surface area (Å²) in [6, 6.07) is 3.33. The fraction of sp³-hybridized carbons (Fsp3) is 0.400. The van der Waals surface area contributed by atoms with Crippen molar-refractivity contribution in [1.82, 2.24) is 9.80 Å². The molecule has 1 rings (SSSR count). The Balaban J connectivity index is 2.90.